The summed E-state index contributed by atoms with van der Waals surface area (Å²) < 4.78 is 26.5. The van der Waals surface area contributed by atoms with E-state index in [0.29, 0.717) is 6.54 Å². The summed E-state index contributed by atoms with van der Waals surface area (Å²) in [6.07, 6.45) is 2.61. The zero-order valence-corrected chi connectivity index (χ0v) is 10.7. The minimum absolute atomic E-state index is 0.00407. The third kappa shape index (κ3) is 2.47. The second kappa shape index (κ2) is 4.84. The number of nitrogens with zero attached hydrogens (tertiary/aromatic N) is 3. The highest BCUT2D eigenvalue weighted by Gasteiger charge is 2.31. The lowest BCUT2D eigenvalue weighted by Gasteiger charge is -2.21. The van der Waals surface area contributed by atoms with Gasteiger partial charge in [-0.3, -0.25) is 4.79 Å². The van der Waals surface area contributed by atoms with Crippen molar-refractivity contribution in [2.75, 3.05) is 7.05 Å². The number of carbonyl (C=O) groups is 1. The van der Waals surface area contributed by atoms with E-state index in [-0.39, 0.29) is 5.03 Å². The summed E-state index contributed by atoms with van der Waals surface area (Å²) in [5.74, 6) is -1.20. The minimum Gasteiger partial charge on any atom is -0.480 e. The number of aromatic nitrogens is 2. The fourth-order valence-corrected chi connectivity index (χ4v) is 2.74. The monoisotopic (exact) mass is 261 g/mol. The average molecular weight is 261 g/mol. The summed E-state index contributed by atoms with van der Waals surface area (Å²) in [4.78, 5) is 14.5. The molecule has 0 aliphatic heterocycles. The molecule has 1 N–H and O–H groups in total. The van der Waals surface area contributed by atoms with Crippen molar-refractivity contribution < 1.29 is 18.3 Å². The van der Waals surface area contributed by atoms with E-state index in [1.807, 2.05) is 0 Å². The van der Waals surface area contributed by atoms with Crippen molar-refractivity contribution in [1.29, 1.82) is 0 Å². The Morgan fingerprint density at radius 3 is 2.71 bits per heavy atom. The quantitative estimate of drug-likeness (QED) is 0.805. The van der Waals surface area contributed by atoms with Crippen molar-refractivity contribution in [1.82, 2.24) is 13.9 Å². The van der Waals surface area contributed by atoms with E-state index >= 15 is 0 Å². The fourth-order valence-electron chi connectivity index (χ4n) is 1.27. The standard InChI is InChI=1S/C9H15N3O4S/c1-4-12-6-10-5-8(12)17(15,16)11(3)7(2)9(13)14/h5-7H,4H2,1-3H3,(H,13,14). The van der Waals surface area contributed by atoms with Crippen molar-refractivity contribution in [3.63, 3.8) is 0 Å². The molecule has 0 aromatic carbocycles. The molecule has 1 rings (SSSR count). The highest BCUT2D eigenvalue weighted by Crippen LogP contribution is 2.16. The fraction of sp³-hybridized carbons (Fsp3) is 0.556. The SMILES string of the molecule is CCn1cncc1S(=O)(=O)N(C)C(C)C(=O)O. The van der Waals surface area contributed by atoms with Crippen LogP contribution in [-0.2, 0) is 21.4 Å². The third-order valence-corrected chi connectivity index (χ3v) is 4.50. The molecule has 17 heavy (non-hydrogen) atoms. The Balaban J connectivity index is 3.16. The van der Waals surface area contributed by atoms with Gasteiger partial charge in [-0.1, -0.05) is 0 Å². The van der Waals surface area contributed by atoms with Gasteiger partial charge in [0.1, 0.15) is 6.04 Å². The van der Waals surface area contributed by atoms with Gasteiger partial charge in [0.15, 0.2) is 5.03 Å². The lowest BCUT2D eigenvalue weighted by molar-refractivity contribution is -0.140. The Bertz CT molecular complexity index is 508. The Kier molecular flexibility index (Phi) is 3.89. The highest BCUT2D eigenvalue weighted by molar-refractivity contribution is 7.89. The zero-order valence-electron chi connectivity index (χ0n) is 9.86. The van der Waals surface area contributed by atoms with Gasteiger partial charge in [-0.25, -0.2) is 13.4 Å². The van der Waals surface area contributed by atoms with Gasteiger partial charge in [-0.15, -0.1) is 0 Å². The normalized spacial score (nSPS) is 13.9. The molecule has 0 amide bonds. The average Bonchev–Trinajstić information content (AvgIpc) is 2.75. The molecule has 0 fully saturated rings. The van der Waals surface area contributed by atoms with E-state index in [1.54, 1.807) is 6.92 Å². The zero-order chi connectivity index (χ0) is 13.2. The Morgan fingerprint density at radius 1 is 1.65 bits per heavy atom. The van der Waals surface area contributed by atoms with E-state index in [4.69, 9.17) is 5.11 Å². The first-order valence-corrected chi connectivity index (χ1v) is 6.47. The van der Waals surface area contributed by atoms with Crippen LogP contribution in [0, 0.1) is 0 Å². The van der Waals surface area contributed by atoms with Crippen LogP contribution in [0.5, 0.6) is 0 Å². The van der Waals surface area contributed by atoms with Crippen LogP contribution in [0.25, 0.3) is 0 Å². The number of likely N-dealkylation sites (N-methyl/N-ethyl adjacent to an activating group) is 1. The number of hydrogen-bond donors (Lipinski definition) is 1. The van der Waals surface area contributed by atoms with Crippen molar-refractivity contribution >= 4 is 16.0 Å². The second-order valence-electron chi connectivity index (χ2n) is 3.55. The number of carboxylic acids is 1. The van der Waals surface area contributed by atoms with E-state index in [9.17, 15) is 13.2 Å². The van der Waals surface area contributed by atoms with Crippen LogP contribution in [0.2, 0.25) is 0 Å². The maximum Gasteiger partial charge on any atom is 0.321 e. The molecule has 96 valence electrons. The number of imidazole rings is 1. The van der Waals surface area contributed by atoms with E-state index in [0.717, 1.165) is 4.31 Å². The van der Waals surface area contributed by atoms with Crippen molar-refractivity contribution in [2.45, 2.75) is 31.5 Å². The molecule has 0 radical (unpaired) electrons. The van der Waals surface area contributed by atoms with Gasteiger partial charge < -0.3 is 9.67 Å². The van der Waals surface area contributed by atoms with Gasteiger partial charge in [0.2, 0.25) is 0 Å². The van der Waals surface area contributed by atoms with Gasteiger partial charge >= 0.3 is 5.97 Å². The van der Waals surface area contributed by atoms with Gasteiger partial charge in [0.25, 0.3) is 10.0 Å². The summed E-state index contributed by atoms with van der Waals surface area (Å²) in [7, 11) is -2.59. The summed E-state index contributed by atoms with van der Waals surface area (Å²) in [5, 5.41) is 8.81. The first-order valence-electron chi connectivity index (χ1n) is 5.03. The van der Waals surface area contributed by atoms with Crippen molar-refractivity contribution in [2.24, 2.45) is 0 Å². The van der Waals surface area contributed by atoms with Crippen LogP contribution in [-0.4, -0.2) is 46.4 Å². The number of aliphatic carboxylic acids is 1. The van der Waals surface area contributed by atoms with Gasteiger partial charge in [-0.05, 0) is 13.8 Å². The molecule has 8 heteroatoms. The van der Waals surface area contributed by atoms with E-state index in [1.165, 1.54) is 31.1 Å². The molecule has 1 aromatic rings. The Morgan fingerprint density at radius 2 is 2.24 bits per heavy atom. The van der Waals surface area contributed by atoms with Crippen LogP contribution in [0.15, 0.2) is 17.6 Å². The predicted molar refractivity (Wildman–Crippen MR) is 59.9 cm³/mol. The lowest BCUT2D eigenvalue weighted by Crippen LogP contribution is -2.40. The molecule has 1 heterocycles. The van der Waals surface area contributed by atoms with Crippen molar-refractivity contribution in [3.05, 3.63) is 12.5 Å². The largest absolute Gasteiger partial charge is 0.480 e. The van der Waals surface area contributed by atoms with Crippen LogP contribution in [0.1, 0.15) is 13.8 Å². The maximum absolute atomic E-state index is 12.1. The van der Waals surface area contributed by atoms with Crippen LogP contribution >= 0.6 is 0 Å². The van der Waals surface area contributed by atoms with Gasteiger partial charge in [-0.2, -0.15) is 4.31 Å². The Labute approximate surface area is 99.7 Å². The third-order valence-electron chi connectivity index (χ3n) is 2.56. The Hall–Kier alpha value is -1.41. The second-order valence-corrected chi connectivity index (χ2v) is 5.50. The maximum atomic E-state index is 12.1. The smallest absolute Gasteiger partial charge is 0.321 e. The number of aryl methyl sites for hydroxylation is 1. The molecule has 1 unspecified atom stereocenters. The van der Waals surface area contributed by atoms with E-state index in [2.05, 4.69) is 4.98 Å². The molecule has 0 saturated carbocycles. The highest BCUT2D eigenvalue weighted by atomic mass is 32.2. The predicted octanol–water partition coefficient (Wildman–Crippen LogP) is -0.00340. The molecule has 0 bridgehead atoms. The first kappa shape index (κ1) is 13.7. The first-order chi connectivity index (χ1) is 7.82. The molecule has 0 spiro atoms. The summed E-state index contributed by atoms with van der Waals surface area (Å²) in [6.45, 7) is 3.54. The molecule has 1 aromatic heterocycles. The number of rotatable bonds is 5. The molecular formula is C9H15N3O4S. The summed E-state index contributed by atoms with van der Waals surface area (Å²) in [5.41, 5.74) is 0. The molecule has 0 aliphatic rings. The lowest BCUT2D eigenvalue weighted by atomic mass is 10.4. The molecule has 0 aliphatic carbocycles. The number of sulfonamides is 1. The summed E-state index contributed by atoms with van der Waals surface area (Å²) in [6, 6.07) is -1.12. The minimum atomic E-state index is -3.83. The van der Waals surface area contributed by atoms with E-state index < -0.39 is 22.0 Å². The van der Waals surface area contributed by atoms with Crippen molar-refractivity contribution in [3.8, 4) is 0 Å². The molecule has 7 nitrogen and oxygen atoms in total. The van der Waals surface area contributed by atoms with Crippen LogP contribution < -0.4 is 0 Å². The molecular weight excluding hydrogens is 246 g/mol. The summed E-state index contributed by atoms with van der Waals surface area (Å²) >= 11 is 0. The molecule has 0 saturated heterocycles. The number of carboxylic acid groups (broad SMARTS) is 1. The van der Waals surface area contributed by atoms with Gasteiger partial charge in [0, 0.05) is 13.6 Å². The number of hydrogen-bond acceptors (Lipinski definition) is 4. The van der Waals surface area contributed by atoms with Crippen LogP contribution in [0.3, 0.4) is 0 Å². The molecule has 1 atom stereocenters. The van der Waals surface area contributed by atoms with Crippen LogP contribution in [0.4, 0.5) is 0 Å². The topological polar surface area (TPSA) is 92.5 Å². The van der Waals surface area contributed by atoms with Gasteiger partial charge in [0.05, 0.1) is 12.5 Å².